The fraction of sp³-hybridized carbons (Fsp3) is 0.176. The zero-order chi connectivity index (χ0) is 18.5. The van der Waals surface area contributed by atoms with Gasteiger partial charge < -0.3 is 19.7 Å². The molecular weight excluding hydrogens is 340 g/mol. The van der Waals surface area contributed by atoms with Crippen molar-refractivity contribution in [3.8, 4) is 17.1 Å². The molecule has 3 aromatic rings. The number of hydrogen-bond donors (Lipinski definition) is 2. The lowest BCUT2D eigenvalue weighted by Gasteiger charge is -2.03. The van der Waals surface area contributed by atoms with Crippen LogP contribution in [0.2, 0.25) is 0 Å². The molecule has 0 spiro atoms. The average Bonchev–Trinajstić information content (AvgIpc) is 3.25. The van der Waals surface area contributed by atoms with Gasteiger partial charge in [0.2, 0.25) is 5.88 Å². The Morgan fingerprint density at radius 1 is 1.27 bits per heavy atom. The van der Waals surface area contributed by atoms with E-state index in [1.54, 1.807) is 6.92 Å². The van der Waals surface area contributed by atoms with Gasteiger partial charge in [0.1, 0.15) is 23.8 Å². The molecule has 9 heteroatoms. The van der Waals surface area contributed by atoms with Crippen molar-refractivity contribution in [3.63, 3.8) is 0 Å². The molecule has 2 heterocycles. The number of ether oxygens (including phenoxy) is 2. The van der Waals surface area contributed by atoms with Crippen molar-refractivity contribution in [1.82, 2.24) is 15.4 Å². The SMILES string of the molecule is Cc1onc(-c2ccccc2)c1COc1cc(C(=O)OCC(N)=O)[nH]n1. The highest BCUT2D eigenvalue weighted by molar-refractivity contribution is 5.89. The van der Waals surface area contributed by atoms with E-state index in [1.165, 1.54) is 6.07 Å². The molecule has 26 heavy (non-hydrogen) atoms. The van der Waals surface area contributed by atoms with Crippen molar-refractivity contribution in [2.75, 3.05) is 6.61 Å². The van der Waals surface area contributed by atoms with E-state index in [2.05, 4.69) is 20.1 Å². The number of amides is 1. The first kappa shape index (κ1) is 17.2. The van der Waals surface area contributed by atoms with Crippen LogP contribution in [0.25, 0.3) is 11.3 Å². The number of carbonyl (C=O) groups excluding carboxylic acids is 2. The molecule has 0 atom stereocenters. The molecule has 9 nitrogen and oxygen atoms in total. The molecule has 0 unspecified atom stereocenters. The van der Waals surface area contributed by atoms with Gasteiger partial charge in [0.15, 0.2) is 6.61 Å². The molecule has 1 aromatic carbocycles. The summed E-state index contributed by atoms with van der Waals surface area (Å²) in [4.78, 5) is 22.3. The van der Waals surface area contributed by atoms with Crippen molar-refractivity contribution < 1.29 is 23.6 Å². The monoisotopic (exact) mass is 356 g/mol. The van der Waals surface area contributed by atoms with Gasteiger partial charge in [-0.2, -0.15) is 0 Å². The molecule has 134 valence electrons. The summed E-state index contributed by atoms with van der Waals surface area (Å²) < 4.78 is 15.6. The van der Waals surface area contributed by atoms with Crippen LogP contribution in [0.3, 0.4) is 0 Å². The van der Waals surface area contributed by atoms with E-state index in [4.69, 9.17) is 15.0 Å². The van der Waals surface area contributed by atoms with Crippen LogP contribution < -0.4 is 10.5 Å². The molecule has 0 saturated carbocycles. The minimum Gasteiger partial charge on any atom is -0.472 e. The van der Waals surface area contributed by atoms with Gasteiger partial charge in [-0.05, 0) is 6.92 Å². The highest BCUT2D eigenvalue weighted by atomic mass is 16.5. The molecule has 2 aromatic heterocycles. The molecule has 0 aliphatic heterocycles. The molecular formula is C17H16N4O5. The van der Waals surface area contributed by atoms with Gasteiger partial charge in [-0.15, -0.1) is 5.10 Å². The van der Waals surface area contributed by atoms with Crippen LogP contribution in [-0.4, -0.2) is 33.8 Å². The molecule has 0 aliphatic carbocycles. The number of nitrogens with zero attached hydrogens (tertiary/aromatic N) is 2. The van der Waals surface area contributed by atoms with Crippen LogP contribution in [0.1, 0.15) is 21.8 Å². The highest BCUT2D eigenvalue weighted by Crippen LogP contribution is 2.26. The van der Waals surface area contributed by atoms with Gasteiger partial charge in [0, 0.05) is 11.6 Å². The van der Waals surface area contributed by atoms with E-state index in [0.29, 0.717) is 11.5 Å². The van der Waals surface area contributed by atoms with Crippen LogP contribution >= 0.6 is 0 Å². The number of H-pyrrole nitrogens is 1. The normalized spacial score (nSPS) is 10.5. The summed E-state index contributed by atoms with van der Waals surface area (Å²) in [5.41, 5.74) is 7.33. The fourth-order valence-electron chi connectivity index (χ4n) is 2.23. The van der Waals surface area contributed by atoms with Gasteiger partial charge in [0.05, 0.1) is 5.56 Å². The highest BCUT2D eigenvalue weighted by Gasteiger charge is 2.17. The number of nitrogens with one attached hydrogen (secondary N) is 1. The smallest absolute Gasteiger partial charge is 0.356 e. The molecule has 3 rings (SSSR count). The Morgan fingerprint density at radius 3 is 2.77 bits per heavy atom. The number of hydrogen-bond acceptors (Lipinski definition) is 7. The first-order chi connectivity index (χ1) is 12.5. The van der Waals surface area contributed by atoms with Crippen LogP contribution in [0.4, 0.5) is 0 Å². The second kappa shape index (κ2) is 7.51. The third-order valence-corrected chi connectivity index (χ3v) is 3.52. The lowest BCUT2D eigenvalue weighted by atomic mass is 10.1. The van der Waals surface area contributed by atoms with Crippen molar-refractivity contribution in [3.05, 3.63) is 53.4 Å². The number of carbonyl (C=O) groups is 2. The third-order valence-electron chi connectivity index (χ3n) is 3.52. The maximum atomic E-state index is 11.7. The first-order valence-corrected chi connectivity index (χ1v) is 7.69. The van der Waals surface area contributed by atoms with Crippen molar-refractivity contribution in [1.29, 1.82) is 0 Å². The topological polar surface area (TPSA) is 133 Å². The van der Waals surface area contributed by atoms with Gasteiger partial charge in [0.25, 0.3) is 5.91 Å². The van der Waals surface area contributed by atoms with E-state index < -0.39 is 18.5 Å². The number of benzene rings is 1. The second-order valence-electron chi connectivity index (χ2n) is 5.38. The first-order valence-electron chi connectivity index (χ1n) is 7.69. The minimum absolute atomic E-state index is 0.0478. The number of aromatic amines is 1. The lowest BCUT2D eigenvalue weighted by molar-refractivity contribution is -0.121. The zero-order valence-electron chi connectivity index (χ0n) is 13.9. The Hall–Kier alpha value is -3.62. The number of nitrogens with two attached hydrogens (primary N) is 1. The molecule has 0 saturated heterocycles. The second-order valence-corrected chi connectivity index (χ2v) is 5.38. The summed E-state index contributed by atoms with van der Waals surface area (Å²) in [5.74, 6) is -0.681. The zero-order valence-corrected chi connectivity index (χ0v) is 13.9. The number of aryl methyl sites for hydroxylation is 1. The van der Waals surface area contributed by atoms with Crippen molar-refractivity contribution in [2.45, 2.75) is 13.5 Å². The summed E-state index contributed by atoms with van der Waals surface area (Å²) in [6.07, 6.45) is 0. The Bertz CT molecular complexity index is 916. The Kier molecular flexibility index (Phi) is 4.97. The van der Waals surface area contributed by atoms with Crippen molar-refractivity contribution in [2.24, 2.45) is 5.73 Å². The third kappa shape index (κ3) is 3.89. The van der Waals surface area contributed by atoms with Crippen molar-refractivity contribution >= 4 is 11.9 Å². The number of rotatable bonds is 7. The molecule has 0 fully saturated rings. The quantitative estimate of drug-likeness (QED) is 0.614. The van der Waals surface area contributed by atoms with E-state index >= 15 is 0 Å². The number of aromatic nitrogens is 3. The standard InChI is InChI=1S/C17H16N4O5/c1-10-12(16(21-26-10)11-5-3-2-4-6-11)8-24-15-7-13(19-20-15)17(23)25-9-14(18)22/h2-7H,8-9H2,1H3,(H2,18,22)(H,19,20). The summed E-state index contributed by atoms with van der Waals surface area (Å²) >= 11 is 0. The van der Waals surface area contributed by atoms with Crippen LogP contribution in [0.5, 0.6) is 5.88 Å². The predicted octanol–water partition coefficient (Wildman–Crippen LogP) is 1.59. The Balaban J connectivity index is 1.68. The lowest BCUT2D eigenvalue weighted by Crippen LogP contribution is -2.21. The van der Waals surface area contributed by atoms with Gasteiger partial charge in [-0.1, -0.05) is 35.5 Å². The predicted molar refractivity (Wildman–Crippen MR) is 89.1 cm³/mol. The van der Waals surface area contributed by atoms with E-state index in [0.717, 1.165) is 11.1 Å². The summed E-state index contributed by atoms with van der Waals surface area (Å²) in [6.45, 7) is 1.43. The Morgan fingerprint density at radius 2 is 2.04 bits per heavy atom. The van der Waals surface area contributed by atoms with E-state index in [-0.39, 0.29) is 18.2 Å². The summed E-state index contributed by atoms with van der Waals surface area (Å²) in [6, 6.07) is 10.9. The van der Waals surface area contributed by atoms with Crippen LogP contribution in [-0.2, 0) is 16.1 Å². The molecule has 0 bridgehead atoms. The maximum Gasteiger partial charge on any atom is 0.356 e. The largest absolute Gasteiger partial charge is 0.472 e. The number of esters is 1. The van der Waals surface area contributed by atoms with Gasteiger partial charge >= 0.3 is 5.97 Å². The summed E-state index contributed by atoms with van der Waals surface area (Å²) in [7, 11) is 0. The van der Waals surface area contributed by atoms with E-state index in [9.17, 15) is 9.59 Å². The van der Waals surface area contributed by atoms with Crippen LogP contribution in [0, 0.1) is 6.92 Å². The molecule has 1 amide bonds. The molecule has 3 N–H and O–H groups in total. The maximum absolute atomic E-state index is 11.7. The van der Waals surface area contributed by atoms with Gasteiger partial charge in [-0.3, -0.25) is 9.89 Å². The van der Waals surface area contributed by atoms with Crippen LogP contribution in [0.15, 0.2) is 40.9 Å². The molecule has 0 radical (unpaired) electrons. The fourth-order valence-corrected chi connectivity index (χ4v) is 2.23. The Labute approximate surface area is 148 Å². The molecule has 0 aliphatic rings. The average molecular weight is 356 g/mol. The number of primary amides is 1. The minimum atomic E-state index is -0.753. The summed E-state index contributed by atoms with van der Waals surface area (Å²) in [5, 5.41) is 10.4. The van der Waals surface area contributed by atoms with Gasteiger partial charge in [-0.25, -0.2) is 4.79 Å². The van der Waals surface area contributed by atoms with E-state index in [1.807, 2.05) is 30.3 Å².